The van der Waals surface area contributed by atoms with Gasteiger partial charge in [-0.2, -0.15) is 0 Å². The second kappa shape index (κ2) is 4.79. The van der Waals surface area contributed by atoms with Crippen molar-refractivity contribution in [1.29, 1.82) is 0 Å². The van der Waals surface area contributed by atoms with Crippen LogP contribution in [0.4, 0.5) is 0 Å². The van der Waals surface area contributed by atoms with Gasteiger partial charge < -0.3 is 4.74 Å². The van der Waals surface area contributed by atoms with Crippen LogP contribution >= 0.6 is 0 Å². The molecule has 16 heavy (non-hydrogen) atoms. The molecule has 2 aromatic rings. The monoisotopic (exact) mass is 213 g/mol. The predicted octanol–water partition coefficient (Wildman–Crippen LogP) is 3.32. The van der Waals surface area contributed by atoms with E-state index in [0.29, 0.717) is 0 Å². The largest absolute Gasteiger partial charge is 0.481 e. The second-order valence-corrected chi connectivity index (χ2v) is 3.61. The summed E-state index contributed by atoms with van der Waals surface area (Å²) in [5, 5.41) is 0. The fourth-order valence-corrected chi connectivity index (χ4v) is 1.72. The zero-order chi connectivity index (χ0) is 11.4. The van der Waals surface area contributed by atoms with Gasteiger partial charge in [0.2, 0.25) is 5.88 Å². The Balaban J connectivity index is 2.44. The van der Waals surface area contributed by atoms with Crippen molar-refractivity contribution in [2.45, 2.75) is 13.3 Å². The molecule has 0 aliphatic carbocycles. The van der Waals surface area contributed by atoms with Gasteiger partial charge in [0.1, 0.15) is 0 Å². The topological polar surface area (TPSA) is 22.1 Å². The number of benzene rings is 1. The lowest BCUT2D eigenvalue weighted by Gasteiger charge is -2.08. The van der Waals surface area contributed by atoms with Crippen LogP contribution in [-0.4, -0.2) is 12.1 Å². The zero-order valence-corrected chi connectivity index (χ0v) is 9.60. The third-order valence-corrected chi connectivity index (χ3v) is 2.61. The van der Waals surface area contributed by atoms with Crippen LogP contribution in [0, 0.1) is 0 Å². The maximum absolute atomic E-state index is 5.22. The molecule has 2 rings (SSSR count). The van der Waals surface area contributed by atoms with Crippen molar-refractivity contribution < 1.29 is 4.74 Å². The molecule has 0 fully saturated rings. The minimum absolute atomic E-state index is 0.724. The van der Waals surface area contributed by atoms with Gasteiger partial charge in [0.05, 0.1) is 7.11 Å². The van der Waals surface area contributed by atoms with Crippen molar-refractivity contribution in [3.05, 3.63) is 48.2 Å². The Bertz CT molecular complexity index is 465. The summed E-state index contributed by atoms with van der Waals surface area (Å²) in [6.45, 7) is 2.11. The average Bonchev–Trinajstić information content (AvgIpc) is 2.39. The van der Waals surface area contributed by atoms with Crippen LogP contribution in [0.5, 0.6) is 5.88 Å². The summed E-state index contributed by atoms with van der Waals surface area (Å²) in [7, 11) is 1.66. The maximum atomic E-state index is 5.22. The Morgan fingerprint density at radius 1 is 1.12 bits per heavy atom. The first-order valence-corrected chi connectivity index (χ1v) is 5.43. The molecule has 82 valence electrons. The van der Waals surface area contributed by atoms with E-state index in [9.17, 15) is 0 Å². The van der Waals surface area contributed by atoms with E-state index in [2.05, 4.69) is 30.1 Å². The number of ether oxygens (including phenoxy) is 1. The van der Waals surface area contributed by atoms with Crippen molar-refractivity contribution in [3.8, 4) is 17.0 Å². The molecule has 1 heterocycles. The van der Waals surface area contributed by atoms with Crippen molar-refractivity contribution in [2.75, 3.05) is 7.11 Å². The highest BCUT2D eigenvalue weighted by molar-refractivity contribution is 5.63. The number of hydrogen-bond donors (Lipinski definition) is 0. The first kappa shape index (κ1) is 10.7. The fraction of sp³-hybridized carbons (Fsp3) is 0.214. The molecular weight excluding hydrogens is 198 g/mol. The summed E-state index contributed by atoms with van der Waals surface area (Å²) < 4.78 is 5.22. The molecule has 0 atom stereocenters. The molecular formula is C14H15NO. The van der Waals surface area contributed by atoms with Crippen LogP contribution in [0.25, 0.3) is 11.1 Å². The zero-order valence-electron chi connectivity index (χ0n) is 9.60. The molecule has 2 heteroatoms. The van der Waals surface area contributed by atoms with E-state index in [1.54, 1.807) is 7.11 Å². The molecule has 0 spiro atoms. The summed E-state index contributed by atoms with van der Waals surface area (Å²) >= 11 is 0. The first-order valence-electron chi connectivity index (χ1n) is 5.43. The van der Waals surface area contributed by atoms with Crippen molar-refractivity contribution in [1.82, 2.24) is 4.98 Å². The number of methoxy groups -OCH3 is 1. The predicted molar refractivity (Wildman–Crippen MR) is 65.6 cm³/mol. The third-order valence-electron chi connectivity index (χ3n) is 2.61. The molecule has 2 nitrogen and oxygen atoms in total. The molecule has 0 radical (unpaired) electrons. The minimum Gasteiger partial charge on any atom is -0.481 e. The molecule has 0 N–H and O–H groups in total. The summed E-state index contributed by atoms with van der Waals surface area (Å²) in [5.41, 5.74) is 3.47. The van der Waals surface area contributed by atoms with Gasteiger partial charge in [0, 0.05) is 17.3 Å². The Morgan fingerprint density at radius 2 is 1.88 bits per heavy atom. The number of nitrogens with zero attached hydrogens (tertiary/aromatic N) is 1. The number of aryl methyl sites for hydroxylation is 1. The number of aromatic nitrogens is 1. The van der Waals surface area contributed by atoms with Crippen LogP contribution in [-0.2, 0) is 6.42 Å². The van der Waals surface area contributed by atoms with E-state index < -0.39 is 0 Å². The fourth-order valence-electron chi connectivity index (χ4n) is 1.72. The molecule has 0 amide bonds. The summed E-state index contributed by atoms with van der Waals surface area (Å²) in [6, 6.07) is 12.4. The maximum Gasteiger partial charge on any atom is 0.216 e. The highest BCUT2D eigenvalue weighted by atomic mass is 16.5. The van der Waals surface area contributed by atoms with E-state index >= 15 is 0 Å². The van der Waals surface area contributed by atoms with E-state index in [4.69, 9.17) is 4.74 Å². The standard InChI is InChI=1S/C14H15NO/c1-3-11-9-13(10-15-14(11)16-2)12-7-5-4-6-8-12/h4-10H,3H2,1-2H3. The summed E-state index contributed by atoms with van der Waals surface area (Å²) in [6.07, 6.45) is 2.78. The van der Waals surface area contributed by atoms with Crippen LogP contribution in [0.3, 0.4) is 0 Å². The van der Waals surface area contributed by atoms with Gasteiger partial charge in [0.25, 0.3) is 0 Å². The van der Waals surface area contributed by atoms with Gasteiger partial charge in [-0.1, -0.05) is 37.3 Å². The van der Waals surface area contributed by atoms with Gasteiger partial charge in [-0.3, -0.25) is 0 Å². The molecule has 0 aliphatic rings. The summed E-state index contributed by atoms with van der Waals surface area (Å²) in [4.78, 5) is 4.32. The number of rotatable bonds is 3. The minimum atomic E-state index is 0.724. The molecule has 0 saturated heterocycles. The van der Waals surface area contributed by atoms with Crippen LogP contribution in [0.1, 0.15) is 12.5 Å². The van der Waals surface area contributed by atoms with Crippen LogP contribution in [0.15, 0.2) is 42.6 Å². The average molecular weight is 213 g/mol. The normalized spacial score (nSPS) is 10.1. The highest BCUT2D eigenvalue weighted by Gasteiger charge is 2.05. The molecule has 0 aliphatic heterocycles. The van der Waals surface area contributed by atoms with Gasteiger partial charge in [-0.15, -0.1) is 0 Å². The van der Waals surface area contributed by atoms with Gasteiger partial charge in [-0.05, 0) is 18.1 Å². The Kier molecular flexibility index (Phi) is 3.20. The lowest BCUT2D eigenvalue weighted by molar-refractivity contribution is 0.393. The quantitative estimate of drug-likeness (QED) is 0.780. The Morgan fingerprint density at radius 3 is 2.50 bits per heavy atom. The number of pyridine rings is 1. The SMILES string of the molecule is CCc1cc(-c2ccccc2)cnc1OC. The molecule has 0 saturated carbocycles. The smallest absolute Gasteiger partial charge is 0.216 e. The van der Waals surface area contributed by atoms with Gasteiger partial charge in [-0.25, -0.2) is 4.98 Å². The lowest BCUT2D eigenvalue weighted by Crippen LogP contribution is -1.94. The highest BCUT2D eigenvalue weighted by Crippen LogP contribution is 2.24. The van der Waals surface area contributed by atoms with E-state index in [-0.39, 0.29) is 0 Å². The van der Waals surface area contributed by atoms with Crippen molar-refractivity contribution in [3.63, 3.8) is 0 Å². The molecule has 1 aromatic heterocycles. The molecule has 0 bridgehead atoms. The summed E-state index contributed by atoms with van der Waals surface area (Å²) in [5.74, 6) is 0.724. The van der Waals surface area contributed by atoms with Gasteiger partial charge in [0.15, 0.2) is 0 Å². The molecule has 1 aromatic carbocycles. The van der Waals surface area contributed by atoms with Crippen LogP contribution in [0.2, 0.25) is 0 Å². The number of hydrogen-bond acceptors (Lipinski definition) is 2. The van der Waals surface area contributed by atoms with E-state index in [1.165, 1.54) is 5.56 Å². The van der Waals surface area contributed by atoms with Crippen molar-refractivity contribution in [2.24, 2.45) is 0 Å². The van der Waals surface area contributed by atoms with Crippen molar-refractivity contribution >= 4 is 0 Å². The lowest BCUT2D eigenvalue weighted by atomic mass is 10.1. The van der Waals surface area contributed by atoms with E-state index in [1.807, 2.05) is 24.4 Å². The third kappa shape index (κ3) is 2.06. The van der Waals surface area contributed by atoms with E-state index in [0.717, 1.165) is 23.4 Å². The second-order valence-electron chi connectivity index (χ2n) is 3.61. The van der Waals surface area contributed by atoms with Gasteiger partial charge >= 0.3 is 0 Å². The molecule has 0 unspecified atom stereocenters. The Labute approximate surface area is 95.9 Å². The Hall–Kier alpha value is -1.83. The first-order chi connectivity index (χ1) is 7.85. The van der Waals surface area contributed by atoms with Crippen LogP contribution < -0.4 is 4.74 Å².